The maximum atomic E-state index is 12.8. The molecule has 2 rings (SSSR count). The molecule has 1 saturated heterocycles. The van der Waals surface area contributed by atoms with Crippen molar-refractivity contribution in [1.82, 2.24) is 4.90 Å². The van der Waals surface area contributed by atoms with Gasteiger partial charge in [-0.1, -0.05) is 19.9 Å². The van der Waals surface area contributed by atoms with E-state index in [9.17, 15) is 26.4 Å². The predicted octanol–water partition coefficient (Wildman–Crippen LogP) is 2.99. The van der Waals surface area contributed by atoms with E-state index >= 15 is 0 Å². The topological polar surface area (TPSA) is 54.5 Å². The third kappa shape index (κ3) is 4.49. The molecule has 1 atom stereocenters. The van der Waals surface area contributed by atoms with E-state index in [4.69, 9.17) is 0 Å². The van der Waals surface area contributed by atoms with Crippen molar-refractivity contribution in [3.63, 3.8) is 0 Å². The Morgan fingerprint density at radius 2 is 2.00 bits per heavy atom. The van der Waals surface area contributed by atoms with Crippen LogP contribution in [0.15, 0.2) is 24.3 Å². The highest BCUT2D eigenvalue weighted by molar-refractivity contribution is 7.91. The van der Waals surface area contributed by atoms with Crippen LogP contribution in [0.1, 0.15) is 36.2 Å². The van der Waals surface area contributed by atoms with Crippen LogP contribution in [0.25, 0.3) is 0 Å². The summed E-state index contributed by atoms with van der Waals surface area (Å²) in [6.07, 6.45) is -4.21. The zero-order chi connectivity index (χ0) is 18.1. The highest BCUT2D eigenvalue weighted by atomic mass is 32.2. The van der Waals surface area contributed by atoms with Crippen LogP contribution in [0, 0.1) is 5.92 Å². The number of benzene rings is 1. The van der Waals surface area contributed by atoms with E-state index in [1.807, 2.05) is 13.8 Å². The number of carbonyl (C=O) groups is 1. The fraction of sp³-hybridized carbons (Fsp3) is 0.562. The van der Waals surface area contributed by atoms with E-state index < -0.39 is 33.5 Å². The van der Waals surface area contributed by atoms with Crippen LogP contribution in [0.2, 0.25) is 0 Å². The first-order valence-corrected chi connectivity index (χ1v) is 9.50. The number of hydrogen-bond donors (Lipinski definition) is 0. The second-order valence-electron chi connectivity index (χ2n) is 6.49. The third-order valence-electron chi connectivity index (χ3n) is 3.91. The monoisotopic (exact) mass is 363 g/mol. The minimum atomic E-state index is -4.53. The Labute approximate surface area is 139 Å². The first-order valence-electron chi connectivity index (χ1n) is 7.68. The lowest BCUT2D eigenvalue weighted by atomic mass is 10.1. The van der Waals surface area contributed by atoms with Crippen molar-refractivity contribution in [1.29, 1.82) is 0 Å². The molecule has 0 saturated carbocycles. The number of halogens is 3. The first kappa shape index (κ1) is 18.8. The molecule has 0 bridgehead atoms. The highest BCUT2D eigenvalue weighted by Crippen LogP contribution is 2.30. The van der Waals surface area contributed by atoms with Gasteiger partial charge in [-0.15, -0.1) is 0 Å². The minimum Gasteiger partial charge on any atom is -0.334 e. The van der Waals surface area contributed by atoms with Gasteiger partial charge in [0.2, 0.25) is 0 Å². The fourth-order valence-electron chi connectivity index (χ4n) is 2.81. The van der Waals surface area contributed by atoms with Gasteiger partial charge in [0.1, 0.15) is 0 Å². The zero-order valence-electron chi connectivity index (χ0n) is 13.5. The Balaban J connectivity index is 2.31. The van der Waals surface area contributed by atoms with Crippen molar-refractivity contribution < 1.29 is 26.4 Å². The maximum Gasteiger partial charge on any atom is 0.416 e. The second-order valence-corrected chi connectivity index (χ2v) is 8.72. The Hall–Kier alpha value is -1.57. The lowest BCUT2D eigenvalue weighted by Crippen LogP contribution is -2.43. The number of sulfone groups is 1. The van der Waals surface area contributed by atoms with Gasteiger partial charge in [-0.05, 0) is 30.5 Å². The molecule has 1 aromatic rings. The molecule has 1 amide bonds. The van der Waals surface area contributed by atoms with Crippen LogP contribution in [0.5, 0.6) is 0 Å². The van der Waals surface area contributed by atoms with Crippen LogP contribution in [-0.4, -0.2) is 43.3 Å². The highest BCUT2D eigenvalue weighted by Gasteiger charge is 2.36. The molecule has 1 fully saturated rings. The van der Waals surface area contributed by atoms with Crippen molar-refractivity contribution in [3.05, 3.63) is 35.4 Å². The number of nitrogens with zero attached hydrogens (tertiary/aromatic N) is 1. The van der Waals surface area contributed by atoms with Gasteiger partial charge in [0.25, 0.3) is 5.91 Å². The minimum absolute atomic E-state index is 0.00212. The van der Waals surface area contributed by atoms with Crippen molar-refractivity contribution >= 4 is 15.7 Å². The number of hydrogen-bond acceptors (Lipinski definition) is 3. The van der Waals surface area contributed by atoms with Gasteiger partial charge in [-0.3, -0.25) is 4.79 Å². The van der Waals surface area contributed by atoms with Crippen LogP contribution < -0.4 is 0 Å². The molecule has 1 aromatic carbocycles. The molecule has 4 nitrogen and oxygen atoms in total. The first-order chi connectivity index (χ1) is 11.0. The largest absolute Gasteiger partial charge is 0.416 e. The molecule has 0 N–H and O–H groups in total. The molecule has 0 aliphatic carbocycles. The molecule has 0 unspecified atom stereocenters. The van der Waals surface area contributed by atoms with Gasteiger partial charge in [0.05, 0.1) is 17.1 Å². The number of alkyl halides is 3. The van der Waals surface area contributed by atoms with Crippen LogP contribution in [0.3, 0.4) is 0 Å². The molecule has 1 heterocycles. The second kappa shape index (κ2) is 6.74. The average Bonchev–Trinajstić information content (AvgIpc) is 2.83. The van der Waals surface area contributed by atoms with Gasteiger partial charge in [0.15, 0.2) is 9.84 Å². The predicted molar refractivity (Wildman–Crippen MR) is 84.4 cm³/mol. The van der Waals surface area contributed by atoms with Crippen LogP contribution >= 0.6 is 0 Å². The average molecular weight is 363 g/mol. The van der Waals surface area contributed by atoms with Crippen molar-refractivity contribution in [2.45, 2.75) is 32.5 Å². The molecule has 24 heavy (non-hydrogen) atoms. The summed E-state index contributed by atoms with van der Waals surface area (Å²) in [6.45, 7) is 4.04. The lowest BCUT2D eigenvalue weighted by Gasteiger charge is -2.30. The van der Waals surface area contributed by atoms with E-state index in [0.29, 0.717) is 13.0 Å². The van der Waals surface area contributed by atoms with Crippen LogP contribution in [0.4, 0.5) is 13.2 Å². The molecule has 0 spiro atoms. The summed E-state index contributed by atoms with van der Waals surface area (Å²) in [7, 11) is -3.20. The van der Waals surface area contributed by atoms with E-state index in [-0.39, 0.29) is 23.0 Å². The van der Waals surface area contributed by atoms with Gasteiger partial charge < -0.3 is 4.90 Å². The number of carbonyl (C=O) groups excluding carboxylic acids is 1. The zero-order valence-corrected chi connectivity index (χ0v) is 14.3. The lowest BCUT2D eigenvalue weighted by molar-refractivity contribution is -0.137. The van der Waals surface area contributed by atoms with Crippen LogP contribution in [-0.2, 0) is 16.0 Å². The summed E-state index contributed by atoms with van der Waals surface area (Å²) in [4.78, 5) is 14.1. The Kier molecular flexibility index (Phi) is 5.27. The molecular formula is C16H20F3NO3S. The Morgan fingerprint density at radius 1 is 1.33 bits per heavy atom. The van der Waals surface area contributed by atoms with E-state index in [0.717, 1.165) is 12.1 Å². The van der Waals surface area contributed by atoms with Gasteiger partial charge in [-0.25, -0.2) is 8.42 Å². The quantitative estimate of drug-likeness (QED) is 0.826. The smallest absolute Gasteiger partial charge is 0.334 e. The summed E-state index contributed by atoms with van der Waals surface area (Å²) in [6, 6.07) is 3.76. The van der Waals surface area contributed by atoms with Crippen molar-refractivity contribution in [2.24, 2.45) is 5.92 Å². The molecule has 0 aromatic heterocycles. The molecule has 1 aliphatic heterocycles. The van der Waals surface area contributed by atoms with Gasteiger partial charge in [-0.2, -0.15) is 13.2 Å². The van der Waals surface area contributed by atoms with Crippen molar-refractivity contribution in [2.75, 3.05) is 18.1 Å². The summed E-state index contributed by atoms with van der Waals surface area (Å²) >= 11 is 0. The molecule has 0 radical (unpaired) electrons. The molecular weight excluding hydrogens is 343 g/mol. The SMILES string of the molecule is CC(C)CN(C(=O)c1cccc(C(F)(F)F)c1)[C@H]1CCS(=O)(=O)C1. The number of rotatable bonds is 4. The van der Waals surface area contributed by atoms with E-state index in [1.165, 1.54) is 17.0 Å². The number of amides is 1. The Bertz CT molecular complexity index is 714. The summed E-state index contributed by atoms with van der Waals surface area (Å²) in [5, 5.41) is 0. The van der Waals surface area contributed by atoms with Gasteiger partial charge in [0, 0.05) is 18.2 Å². The van der Waals surface area contributed by atoms with Crippen molar-refractivity contribution in [3.8, 4) is 0 Å². The fourth-order valence-corrected chi connectivity index (χ4v) is 4.54. The molecule has 134 valence electrons. The maximum absolute atomic E-state index is 12.8. The standard InChI is InChI=1S/C16H20F3NO3S/c1-11(2)9-20(14-6-7-24(22,23)10-14)15(21)12-4-3-5-13(8-12)16(17,18)19/h3-5,8,11,14H,6-7,9-10H2,1-2H3/t14-/m0/s1. The van der Waals surface area contributed by atoms with Gasteiger partial charge >= 0.3 is 6.18 Å². The third-order valence-corrected chi connectivity index (χ3v) is 5.66. The van der Waals surface area contributed by atoms with E-state index in [2.05, 4.69) is 0 Å². The molecule has 8 heteroatoms. The summed E-state index contributed by atoms with van der Waals surface area (Å²) < 4.78 is 61.9. The van der Waals surface area contributed by atoms with E-state index in [1.54, 1.807) is 0 Å². The summed E-state index contributed by atoms with van der Waals surface area (Å²) in [5.74, 6) is -0.619. The normalized spacial score (nSPS) is 20.3. The molecule has 1 aliphatic rings. The summed E-state index contributed by atoms with van der Waals surface area (Å²) in [5.41, 5.74) is -0.966. The Morgan fingerprint density at radius 3 is 2.50 bits per heavy atom.